The number of halogens is 2. The van der Waals surface area contributed by atoms with E-state index in [9.17, 15) is 0 Å². The second-order valence-electron chi connectivity index (χ2n) is 3.52. The monoisotopic (exact) mass is 375 g/mol. The Labute approximate surface area is 121 Å². The first-order valence-electron chi connectivity index (χ1n) is 5.00. The highest BCUT2D eigenvalue weighted by atomic mass is 79.9. The quantitative estimate of drug-likeness (QED) is 0.634. The molecule has 3 nitrogen and oxygen atoms in total. The average molecular weight is 377 g/mol. The van der Waals surface area contributed by atoms with Crippen LogP contribution in [0.25, 0.3) is 0 Å². The van der Waals surface area contributed by atoms with Crippen molar-refractivity contribution in [2.45, 2.75) is 12.5 Å². The minimum absolute atomic E-state index is 0.0103. The molecule has 1 unspecified atom stereocenters. The molecule has 3 N–H and O–H groups in total. The van der Waals surface area contributed by atoms with Gasteiger partial charge in [-0.05, 0) is 49.4 Å². The molecule has 6 heteroatoms. The summed E-state index contributed by atoms with van der Waals surface area (Å²) in [5, 5.41) is 2.06. The first-order chi connectivity index (χ1) is 8.20. The summed E-state index contributed by atoms with van der Waals surface area (Å²) in [5.41, 5.74) is 3.74. The minimum atomic E-state index is 0.0103. The summed E-state index contributed by atoms with van der Waals surface area (Å²) >= 11 is 8.62. The number of hydrogen-bond donors (Lipinski definition) is 2. The van der Waals surface area contributed by atoms with Gasteiger partial charge in [0.2, 0.25) is 0 Å². The number of thiophene rings is 1. The maximum atomic E-state index is 5.61. The fourth-order valence-corrected chi connectivity index (χ4v) is 3.56. The third-order valence-corrected chi connectivity index (χ3v) is 4.32. The van der Waals surface area contributed by atoms with E-state index in [4.69, 9.17) is 5.84 Å². The number of aromatic nitrogens is 1. The van der Waals surface area contributed by atoms with Gasteiger partial charge in [-0.3, -0.25) is 16.3 Å². The van der Waals surface area contributed by atoms with Crippen LogP contribution in [0.3, 0.4) is 0 Å². The summed E-state index contributed by atoms with van der Waals surface area (Å²) in [6.45, 7) is 0. The van der Waals surface area contributed by atoms with Crippen molar-refractivity contribution in [3.8, 4) is 0 Å². The molecule has 0 saturated heterocycles. The molecule has 0 saturated carbocycles. The van der Waals surface area contributed by atoms with Gasteiger partial charge in [-0.15, -0.1) is 11.3 Å². The van der Waals surface area contributed by atoms with E-state index in [2.05, 4.69) is 53.7 Å². The lowest BCUT2D eigenvalue weighted by Crippen LogP contribution is -2.30. The lowest BCUT2D eigenvalue weighted by molar-refractivity contribution is 0.539. The minimum Gasteiger partial charge on any atom is -0.271 e. The molecule has 0 fully saturated rings. The largest absolute Gasteiger partial charge is 0.271 e. The van der Waals surface area contributed by atoms with Crippen LogP contribution >= 0.6 is 43.2 Å². The fraction of sp³-hybridized carbons (Fsp3) is 0.182. The van der Waals surface area contributed by atoms with E-state index in [0.29, 0.717) is 0 Å². The standard InChI is InChI=1S/C11H11Br2N3S/c12-7-4-9(13)11(15-6-7)10(16-14)5-8-2-1-3-17-8/h1-4,6,10,16H,5,14H2. The van der Waals surface area contributed by atoms with E-state index < -0.39 is 0 Å². The summed E-state index contributed by atoms with van der Waals surface area (Å²) < 4.78 is 1.89. The highest BCUT2D eigenvalue weighted by Gasteiger charge is 2.16. The van der Waals surface area contributed by atoms with Crippen LogP contribution in [-0.2, 0) is 6.42 Å². The molecule has 2 heterocycles. The molecular weight excluding hydrogens is 366 g/mol. The Bertz CT molecular complexity index is 487. The molecule has 2 aromatic heterocycles. The molecule has 0 amide bonds. The van der Waals surface area contributed by atoms with Crippen molar-refractivity contribution >= 4 is 43.2 Å². The first kappa shape index (κ1) is 13.2. The molecule has 90 valence electrons. The van der Waals surface area contributed by atoms with Crippen LogP contribution in [0.15, 0.2) is 38.7 Å². The predicted octanol–water partition coefficient (Wildman–Crippen LogP) is 3.42. The van der Waals surface area contributed by atoms with Crippen LogP contribution in [0.2, 0.25) is 0 Å². The van der Waals surface area contributed by atoms with E-state index in [1.54, 1.807) is 17.5 Å². The van der Waals surface area contributed by atoms with E-state index in [0.717, 1.165) is 21.1 Å². The highest BCUT2D eigenvalue weighted by molar-refractivity contribution is 9.11. The fourth-order valence-electron chi connectivity index (χ4n) is 1.55. The van der Waals surface area contributed by atoms with Gasteiger partial charge in [-0.25, -0.2) is 0 Å². The van der Waals surface area contributed by atoms with Gasteiger partial charge >= 0.3 is 0 Å². The van der Waals surface area contributed by atoms with Crippen molar-refractivity contribution in [1.82, 2.24) is 10.4 Å². The maximum Gasteiger partial charge on any atom is 0.0732 e. The third-order valence-electron chi connectivity index (χ3n) is 2.35. The number of nitrogens with one attached hydrogen (secondary N) is 1. The van der Waals surface area contributed by atoms with Gasteiger partial charge in [0, 0.05) is 26.4 Å². The van der Waals surface area contributed by atoms with Crippen molar-refractivity contribution in [3.05, 3.63) is 49.3 Å². The van der Waals surface area contributed by atoms with Crippen LogP contribution in [0.5, 0.6) is 0 Å². The van der Waals surface area contributed by atoms with E-state index in [1.165, 1.54) is 4.88 Å². The van der Waals surface area contributed by atoms with Crippen molar-refractivity contribution in [1.29, 1.82) is 0 Å². The van der Waals surface area contributed by atoms with Crippen LogP contribution in [0.4, 0.5) is 0 Å². The Morgan fingerprint density at radius 1 is 1.47 bits per heavy atom. The molecule has 0 aliphatic heterocycles. The molecular formula is C11H11Br2N3S. The van der Waals surface area contributed by atoms with Crippen LogP contribution in [-0.4, -0.2) is 4.98 Å². The van der Waals surface area contributed by atoms with Gasteiger partial charge < -0.3 is 0 Å². The zero-order valence-electron chi connectivity index (χ0n) is 8.86. The van der Waals surface area contributed by atoms with Crippen molar-refractivity contribution in [2.24, 2.45) is 5.84 Å². The van der Waals surface area contributed by atoms with Gasteiger partial charge in [0.25, 0.3) is 0 Å². The van der Waals surface area contributed by atoms with E-state index >= 15 is 0 Å². The van der Waals surface area contributed by atoms with E-state index in [1.807, 2.05) is 12.1 Å². The topological polar surface area (TPSA) is 50.9 Å². The Balaban J connectivity index is 2.23. The van der Waals surface area contributed by atoms with Crippen molar-refractivity contribution in [2.75, 3.05) is 0 Å². The van der Waals surface area contributed by atoms with Gasteiger partial charge in [0.05, 0.1) is 11.7 Å². The SMILES string of the molecule is NNC(Cc1cccs1)c1ncc(Br)cc1Br. The number of rotatable bonds is 4. The zero-order chi connectivity index (χ0) is 12.3. The number of nitrogens with zero attached hydrogens (tertiary/aromatic N) is 1. The third kappa shape index (κ3) is 3.35. The normalized spacial score (nSPS) is 12.6. The maximum absolute atomic E-state index is 5.61. The second-order valence-corrected chi connectivity index (χ2v) is 6.33. The molecule has 0 aromatic carbocycles. The Hall–Kier alpha value is -0.270. The Morgan fingerprint density at radius 3 is 2.88 bits per heavy atom. The van der Waals surface area contributed by atoms with Gasteiger partial charge in [0.1, 0.15) is 0 Å². The van der Waals surface area contributed by atoms with Crippen LogP contribution in [0.1, 0.15) is 16.6 Å². The van der Waals surface area contributed by atoms with E-state index in [-0.39, 0.29) is 6.04 Å². The molecule has 0 radical (unpaired) electrons. The smallest absolute Gasteiger partial charge is 0.0732 e. The summed E-state index contributed by atoms with van der Waals surface area (Å²) in [6.07, 6.45) is 2.61. The average Bonchev–Trinajstić information content (AvgIpc) is 2.79. The Kier molecular flexibility index (Phi) is 4.69. The molecule has 0 spiro atoms. The van der Waals surface area contributed by atoms with Crippen molar-refractivity contribution < 1.29 is 0 Å². The molecule has 2 aromatic rings. The molecule has 17 heavy (non-hydrogen) atoms. The number of pyridine rings is 1. The van der Waals surface area contributed by atoms with Crippen LogP contribution in [0, 0.1) is 0 Å². The first-order valence-corrected chi connectivity index (χ1v) is 7.46. The predicted molar refractivity (Wildman–Crippen MR) is 77.7 cm³/mol. The number of nitrogens with two attached hydrogens (primary N) is 1. The van der Waals surface area contributed by atoms with Crippen LogP contribution < -0.4 is 11.3 Å². The summed E-state index contributed by atoms with van der Waals surface area (Å²) in [5.74, 6) is 5.61. The van der Waals surface area contributed by atoms with Gasteiger partial charge in [-0.1, -0.05) is 6.07 Å². The molecule has 2 rings (SSSR count). The lowest BCUT2D eigenvalue weighted by Gasteiger charge is -2.16. The number of hydrazine groups is 1. The molecule has 0 aliphatic carbocycles. The van der Waals surface area contributed by atoms with Crippen molar-refractivity contribution in [3.63, 3.8) is 0 Å². The van der Waals surface area contributed by atoms with Gasteiger partial charge in [-0.2, -0.15) is 0 Å². The van der Waals surface area contributed by atoms with Gasteiger partial charge in [0.15, 0.2) is 0 Å². The zero-order valence-corrected chi connectivity index (χ0v) is 12.8. The second kappa shape index (κ2) is 6.06. The summed E-state index contributed by atoms with van der Waals surface area (Å²) in [7, 11) is 0. The molecule has 1 atom stereocenters. The lowest BCUT2D eigenvalue weighted by atomic mass is 10.1. The molecule has 0 aliphatic rings. The highest BCUT2D eigenvalue weighted by Crippen LogP contribution is 2.27. The summed E-state index contributed by atoms with van der Waals surface area (Å²) in [6, 6.07) is 6.12. The summed E-state index contributed by atoms with van der Waals surface area (Å²) in [4.78, 5) is 5.68. The molecule has 0 bridgehead atoms. The Morgan fingerprint density at radius 2 is 2.29 bits per heavy atom. The number of hydrogen-bond acceptors (Lipinski definition) is 4.